The van der Waals surface area contributed by atoms with Gasteiger partial charge in [0, 0.05) is 17.7 Å². The molecule has 0 saturated heterocycles. The molecule has 0 spiro atoms. The molecular formula is C18H15N3O6. The lowest BCUT2D eigenvalue weighted by atomic mass is 10.1. The second-order valence-electron chi connectivity index (χ2n) is 5.63. The SMILES string of the molecule is COc1ccc(C(=O)Cn2cnc3ccc([N+](=O)[O-])cc3c2=O)cc1OC. The maximum absolute atomic E-state index is 12.6. The molecule has 1 heterocycles. The van der Waals surface area contributed by atoms with Crippen molar-refractivity contribution >= 4 is 22.4 Å². The Morgan fingerprint density at radius 2 is 1.89 bits per heavy atom. The highest BCUT2D eigenvalue weighted by Gasteiger charge is 2.15. The van der Waals surface area contributed by atoms with Crippen molar-refractivity contribution < 1.29 is 19.2 Å². The van der Waals surface area contributed by atoms with Crippen molar-refractivity contribution in [3.05, 3.63) is 68.8 Å². The summed E-state index contributed by atoms with van der Waals surface area (Å²) >= 11 is 0. The first-order valence-electron chi connectivity index (χ1n) is 7.83. The van der Waals surface area contributed by atoms with E-state index in [1.165, 1.54) is 38.7 Å². The molecule has 0 bridgehead atoms. The zero-order valence-corrected chi connectivity index (χ0v) is 14.5. The topological polar surface area (TPSA) is 114 Å². The summed E-state index contributed by atoms with van der Waals surface area (Å²) in [6, 6.07) is 8.50. The number of hydrogen-bond acceptors (Lipinski definition) is 7. The van der Waals surface area contributed by atoms with Crippen LogP contribution >= 0.6 is 0 Å². The minimum atomic E-state index is -0.592. The number of aromatic nitrogens is 2. The molecule has 0 radical (unpaired) electrons. The van der Waals surface area contributed by atoms with Crippen molar-refractivity contribution in [3.63, 3.8) is 0 Å². The zero-order chi connectivity index (χ0) is 19.6. The van der Waals surface area contributed by atoms with E-state index in [-0.39, 0.29) is 23.4 Å². The van der Waals surface area contributed by atoms with Crippen molar-refractivity contribution in [1.29, 1.82) is 0 Å². The summed E-state index contributed by atoms with van der Waals surface area (Å²) in [5.41, 5.74) is -0.0954. The van der Waals surface area contributed by atoms with E-state index in [4.69, 9.17) is 9.47 Å². The van der Waals surface area contributed by atoms with E-state index in [2.05, 4.69) is 4.98 Å². The molecule has 0 saturated carbocycles. The standard InChI is InChI=1S/C18H15N3O6/c1-26-16-6-3-11(7-17(16)27-2)15(22)9-20-10-19-14-5-4-12(21(24)25)8-13(14)18(20)23/h3-8,10H,9H2,1-2H3. The third-order valence-corrected chi connectivity index (χ3v) is 4.04. The average Bonchev–Trinajstić information content (AvgIpc) is 2.69. The van der Waals surface area contributed by atoms with Gasteiger partial charge in [0.25, 0.3) is 11.2 Å². The highest BCUT2D eigenvalue weighted by atomic mass is 16.6. The number of methoxy groups -OCH3 is 2. The fraction of sp³-hybridized carbons (Fsp3) is 0.167. The van der Waals surface area contributed by atoms with Crippen LogP contribution in [-0.2, 0) is 6.54 Å². The largest absolute Gasteiger partial charge is 0.493 e. The summed E-state index contributed by atoms with van der Waals surface area (Å²) in [7, 11) is 2.94. The third-order valence-electron chi connectivity index (χ3n) is 4.04. The van der Waals surface area contributed by atoms with Crippen LogP contribution in [0.3, 0.4) is 0 Å². The summed E-state index contributed by atoms with van der Waals surface area (Å²) in [5, 5.41) is 11.0. The van der Waals surface area contributed by atoms with Gasteiger partial charge in [0.15, 0.2) is 17.3 Å². The van der Waals surface area contributed by atoms with E-state index in [0.717, 1.165) is 10.6 Å². The van der Waals surface area contributed by atoms with Crippen molar-refractivity contribution in [2.45, 2.75) is 6.54 Å². The van der Waals surface area contributed by atoms with Gasteiger partial charge in [0.1, 0.15) is 0 Å². The number of non-ortho nitro benzene ring substituents is 1. The van der Waals surface area contributed by atoms with Gasteiger partial charge in [0.05, 0.1) is 42.9 Å². The predicted octanol–water partition coefficient (Wildman–Crippen LogP) is 2.20. The molecule has 9 heteroatoms. The van der Waals surface area contributed by atoms with Gasteiger partial charge >= 0.3 is 0 Å². The molecule has 0 aliphatic heterocycles. The summed E-state index contributed by atoms with van der Waals surface area (Å²) < 4.78 is 11.4. The number of nitro groups is 1. The van der Waals surface area contributed by atoms with Crippen molar-refractivity contribution in [2.75, 3.05) is 14.2 Å². The van der Waals surface area contributed by atoms with Crippen molar-refractivity contribution in [1.82, 2.24) is 9.55 Å². The van der Waals surface area contributed by atoms with Gasteiger partial charge in [-0.15, -0.1) is 0 Å². The van der Waals surface area contributed by atoms with Gasteiger partial charge in [-0.3, -0.25) is 24.3 Å². The number of hydrogen-bond donors (Lipinski definition) is 0. The number of Topliss-reactive ketones (excluding diaryl/α,β-unsaturated/α-hetero) is 1. The maximum Gasteiger partial charge on any atom is 0.270 e. The lowest BCUT2D eigenvalue weighted by Crippen LogP contribution is -2.24. The molecule has 3 aromatic rings. The summed E-state index contributed by atoms with van der Waals surface area (Å²) in [6.07, 6.45) is 1.25. The Kier molecular flexibility index (Phi) is 4.84. The van der Waals surface area contributed by atoms with E-state index in [0.29, 0.717) is 22.6 Å². The van der Waals surface area contributed by atoms with Crippen molar-refractivity contribution in [3.8, 4) is 11.5 Å². The van der Waals surface area contributed by atoms with E-state index in [9.17, 15) is 19.7 Å². The smallest absolute Gasteiger partial charge is 0.270 e. The third kappa shape index (κ3) is 3.47. The van der Waals surface area contributed by atoms with Crippen LogP contribution in [0.1, 0.15) is 10.4 Å². The van der Waals surface area contributed by atoms with E-state index in [1.807, 2.05) is 0 Å². The van der Waals surface area contributed by atoms with Crippen LogP contribution < -0.4 is 15.0 Å². The number of nitrogens with zero attached hydrogens (tertiary/aromatic N) is 3. The minimum absolute atomic E-state index is 0.0758. The second kappa shape index (κ2) is 7.24. The summed E-state index contributed by atoms with van der Waals surface area (Å²) in [5.74, 6) is 0.526. The molecule has 1 aromatic heterocycles. The van der Waals surface area contributed by atoms with Crippen LogP contribution in [0, 0.1) is 10.1 Å². The molecule has 0 aliphatic rings. The van der Waals surface area contributed by atoms with Gasteiger partial charge in [-0.2, -0.15) is 0 Å². The van der Waals surface area contributed by atoms with Gasteiger partial charge in [-0.05, 0) is 24.3 Å². The number of benzene rings is 2. The molecule has 0 unspecified atom stereocenters. The van der Waals surface area contributed by atoms with Gasteiger partial charge in [-0.25, -0.2) is 4.98 Å². The molecule has 0 fully saturated rings. The fourth-order valence-electron chi connectivity index (χ4n) is 2.63. The molecule has 9 nitrogen and oxygen atoms in total. The number of carbonyl (C=O) groups excluding carboxylic acids is 1. The molecule has 27 heavy (non-hydrogen) atoms. The first kappa shape index (κ1) is 18.1. The van der Waals surface area contributed by atoms with Gasteiger partial charge < -0.3 is 9.47 Å². The summed E-state index contributed by atoms with van der Waals surface area (Å²) in [4.78, 5) is 39.6. The Morgan fingerprint density at radius 3 is 2.56 bits per heavy atom. The Bertz CT molecular complexity index is 1110. The number of carbonyl (C=O) groups is 1. The van der Waals surface area contributed by atoms with Crippen LogP contribution in [0.15, 0.2) is 47.5 Å². The van der Waals surface area contributed by atoms with Crippen LogP contribution in [0.4, 0.5) is 5.69 Å². The van der Waals surface area contributed by atoms with Crippen LogP contribution in [0.5, 0.6) is 11.5 Å². The Balaban J connectivity index is 1.96. The minimum Gasteiger partial charge on any atom is -0.493 e. The van der Waals surface area contributed by atoms with Crippen LogP contribution in [0.2, 0.25) is 0 Å². The maximum atomic E-state index is 12.6. The van der Waals surface area contributed by atoms with Crippen molar-refractivity contribution in [2.24, 2.45) is 0 Å². The second-order valence-corrected chi connectivity index (χ2v) is 5.63. The number of rotatable bonds is 6. The molecule has 0 N–H and O–H groups in total. The van der Waals surface area contributed by atoms with Gasteiger partial charge in [0.2, 0.25) is 0 Å². The monoisotopic (exact) mass is 369 g/mol. The molecule has 138 valence electrons. The summed E-state index contributed by atoms with van der Waals surface area (Å²) in [6.45, 7) is -0.264. The lowest BCUT2D eigenvalue weighted by molar-refractivity contribution is -0.384. The van der Waals surface area contributed by atoms with Crippen LogP contribution in [0.25, 0.3) is 10.9 Å². The predicted molar refractivity (Wildman–Crippen MR) is 96.5 cm³/mol. The van der Waals surface area contributed by atoms with E-state index < -0.39 is 10.5 Å². The molecule has 0 aliphatic carbocycles. The molecule has 2 aromatic carbocycles. The number of fused-ring (bicyclic) bond motifs is 1. The first-order chi connectivity index (χ1) is 12.9. The van der Waals surface area contributed by atoms with Gasteiger partial charge in [-0.1, -0.05) is 0 Å². The Hall–Kier alpha value is -3.75. The first-order valence-corrected chi connectivity index (χ1v) is 7.83. The van der Waals surface area contributed by atoms with E-state index >= 15 is 0 Å². The molecular weight excluding hydrogens is 354 g/mol. The Morgan fingerprint density at radius 1 is 1.15 bits per heavy atom. The average molecular weight is 369 g/mol. The number of nitro benzene ring substituents is 1. The molecule has 3 rings (SSSR count). The number of ketones is 1. The highest BCUT2D eigenvalue weighted by Crippen LogP contribution is 2.27. The highest BCUT2D eigenvalue weighted by molar-refractivity contribution is 5.96. The number of ether oxygens (including phenoxy) is 2. The fourth-order valence-corrected chi connectivity index (χ4v) is 2.63. The normalized spacial score (nSPS) is 10.6. The lowest BCUT2D eigenvalue weighted by Gasteiger charge is -2.10. The molecule has 0 atom stereocenters. The Labute approximate surface area is 152 Å². The zero-order valence-electron chi connectivity index (χ0n) is 14.5. The van der Waals surface area contributed by atoms with E-state index in [1.54, 1.807) is 12.1 Å². The molecule has 0 amide bonds. The van der Waals surface area contributed by atoms with Crippen LogP contribution in [-0.4, -0.2) is 34.5 Å². The quantitative estimate of drug-likeness (QED) is 0.372.